The first-order valence-electron chi connectivity index (χ1n) is 6.85. The summed E-state index contributed by atoms with van der Waals surface area (Å²) in [6, 6.07) is 6.82. The van der Waals surface area contributed by atoms with Crippen LogP contribution in [0, 0.1) is 6.92 Å². The Morgan fingerprint density at radius 3 is 2.70 bits per heavy atom. The molecule has 7 nitrogen and oxygen atoms in total. The van der Waals surface area contributed by atoms with Gasteiger partial charge in [-0.25, -0.2) is 0 Å². The van der Waals surface area contributed by atoms with Gasteiger partial charge in [-0.05, 0) is 18.6 Å². The van der Waals surface area contributed by atoms with Gasteiger partial charge in [-0.2, -0.15) is 4.98 Å². The number of benzene rings is 1. The van der Waals surface area contributed by atoms with Crippen molar-refractivity contribution in [1.82, 2.24) is 15.1 Å². The van der Waals surface area contributed by atoms with E-state index in [0.29, 0.717) is 28.6 Å². The molecule has 0 fully saturated rings. The van der Waals surface area contributed by atoms with Crippen molar-refractivity contribution in [2.45, 2.75) is 6.92 Å². The van der Waals surface area contributed by atoms with Gasteiger partial charge >= 0.3 is 0 Å². The molecule has 7 heteroatoms. The quantitative estimate of drug-likeness (QED) is 0.792. The maximum absolute atomic E-state index is 10.2. The number of aromatic hydroxyl groups is 1. The fourth-order valence-corrected chi connectivity index (χ4v) is 2.21. The first-order valence-corrected chi connectivity index (χ1v) is 6.85. The summed E-state index contributed by atoms with van der Waals surface area (Å²) in [5, 5.41) is 14.2. The molecule has 0 radical (unpaired) electrons. The summed E-state index contributed by atoms with van der Waals surface area (Å²) in [5.74, 6) is 1.24. The van der Waals surface area contributed by atoms with Crippen molar-refractivity contribution >= 4 is 0 Å². The van der Waals surface area contributed by atoms with E-state index >= 15 is 0 Å². The maximum Gasteiger partial charge on any atom is 0.265 e. The summed E-state index contributed by atoms with van der Waals surface area (Å²) in [4.78, 5) is 8.56. The minimum Gasteiger partial charge on any atom is -0.507 e. The Morgan fingerprint density at radius 2 is 2.00 bits per heavy atom. The number of ether oxygens (including phenoxy) is 2. The van der Waals surface area contributed by atoms with E-state index < -0.39 is 0 Å². The molecule has 1 aromatic carbocycles. The van der Waals surface area contributed by atoms with Gasteiger partial charge in [-0.1, -0.05) is 11.2 Å². The summed E-state index contributed by atoms with van der Waals surface area (Å²) in [6.07, 6.45) is 1.66. The number of hydrogen-bond donors (Lipinski definition) is 1. The zero-order valence-electron chi connectivity index (χ0n) is 12.9. The van der Waals surface area contributed by atoms with Crippen molar-refractivity contribution in [3.8, 4) is 40.2 Å². The molecule has 1 N–H and O–H groups in total. The van der Waals surface area contributed by atoms with E-state index in [9.17, 15) is 5.11 Å². The average molecular weight is 313 g/mol. The Bertz CT molecular complexity index is 845. The van der Waals surface area contributed by atoms with Crippen molar-refractivity contribution in [2.24, 2.45) is 0 Å². The fourth-order valence-electron chi connectivity index (χ4n) is 2.21. The van der Waals surface area contributed by atoms with Gasteiger partial charge in [0.15, 0.2) is 0 Å². The summed E-state index contributed by atoms with van der Waals surface area (Å²) in [6.45, 7) is 1.91. The van der Waals surface area contributed by atoms with E-state index in [1.54, 1.807) is 12.3 Å². The molecule has 2 heterocycles. The molecule has 3 rings (SSSR count). The van der Waals surface area contributed by atoms with Crippen LogP contribution < -0.4 is 9.47 Å². The molecular weight excluding hydrogens is 298 g/mol. The van der Waals surface area contributed by atoms with E-state index in [2.05, 4.69) is 15.1 Å². The first-order chi connectivity index (χ1) is 11.1. The van der Waals surface area contributed by atoms with Crippen LogP contribution in [0.15, 0.2) is 35.0 Å². The molecule has 0 saturated heterocycles. The molecule has 0 aliphatic heterocycles. The van der Waals surface area contributed by atoms with Crippen LogP contribution in [0.1, 0.15) is 5.56 Å². The largest absolute Gasteiger partial charge is 0.507 e. The van der Waals surface area contributed by atoms with E-state index in [1.165, 1.54) is 20.3 Å². The monoisotopic (exact) mass is 313 g/mol. The Labute approximate surface area is 132 Å². The summed E-state index contributed by atoms with van der Waals surface area (Å²) >= 11 is 0. The maximum atomic E-state index is 10.2. The third kappa shape index (κ3) is 2.68. The van der Waals surface area contributed by atoms with Crippen LogP contribution in [0.4, 0.5) is 0 Å². The smallest absolute Gasteiger partial charge is 0.265 e. The first kappa shape index (κ1) is 14.8. The van der Waals surface area contributed by atoms with Gasteiger partial charge in [0.2, 0.25) is 5.82 Å². The molecule has 2 aromatic heterocycles. The lowest BCUT2D eigenvalue weighted by atomic mass is 10.1. The Kier molecular flexibility index (Phi) is 3.84. The van der Waals surface area contributed by atoms with Gasteiger partial charge in [0.1, 0.15) is 28.5 Å². The number of hydrogen-bond acceptors (Lipinski definition) is 7. The SMILES string of the molecule is COc1cc(O)c(-c2nc(-c3ncccc3C)no2)c(OC)c1. The molecule has 0 aliphatic rings. The molecule has 118 valence electrons. The molecule has 0 amide bonds. The van der Waals surface area contributed by atoms with E-state index in [-0.39, 0.29) is 11.6 Å². The summed E-state index contributed by atoms with van der Waals surface area (Å²) in [7, 11) is 2.99. The lowest BCUT2D eigenvalue weighted by Gasteiger charge is -2.09. The van der Waals surface area contributed by atoms with Crippen LogP contribution in [0.2, 0.25) is 0 Å². The van der Waals surface area contributed by atoms with Crippen LogP contribution in [-0.2, 0) is 0 Å². The number of rotatable bonds is 4. The average Bonchev–Trinajstić information content (AvgIpc) is 3.03. The van der Waals surface area contributed by atoms with E-state index in [4.69, 9.17) is 14.0 Å². The highest BCUT2D eigenvalue weighted by molar-refractivity contribution is 5.73. The molecule has 0 bridgehead atoms. The summed E-state index contributed by atoms with van der Waals surface area (Å²) < 4.78 is 15.7. The molecule has 0 spiro atoms. The van der Waals surface area contributed by atoms with Gasteiger partial charge in [0.25, 0.3) is 5.89 Å². The minimum absolute atomic E-state index is 0.0749. The molecule has 3 aromatic rings. The second-order valence-corrected chi connectivity index (χ2v) is 4.82. The number of phenols is 1. The molecule has 23 heavy (non-hydrogen) atoms. The molecule has 0 atom stereocenters. The third-order valence-electron chi connectivity index (χ3n) is 3.37. The molecule has 0 saturated carbocycles. The highest BCUT2D eigenvalue weighted by Crippen LogP contribution is 2.40. The molecular formula is C16H15N3O4. The predicted molar refractivity (Wildman–Crippen MR) is 82.5 cm³/mol. The third-order valence-corrected chi connectivity index (χ3v) is 3.37. The van der Waals surface area contributed by atoms with Crippen molar-refractivity contribution in [3.63, 3.8) is 0 Å². The van der Waals surface area contributed by atoms with Gasteiger partial charge in [-0.15, -0.1) is 0 Å². The van der Waals surface area contributed by atoms with Crippen molar-refractivity contribution < 1.29 is 19.1 Å². The number of nitrogens with zero attached hydrogens (tertiary/aromatic N) is 3. The number of aromatic nitrogens is 3. The topological polar surface area (TPSA) is 90.5 Å². The zero-order valence-corrected chi connectivity index (χ0v) is 12.9. The van der Waals surface area contributed by atoms with Gasteiger partial charge in [-0.3, -0.25) is 4.98 Å². The number of aryl methyl sites for hydroxylation is 1. The highest BCUT2D eigenvalue weighted by Gasteiger charge is 2.21. The predicted octanol–water partition coefficient (Wildman–Crippen LogP) is 2.83. The minimum atomic E-state index is -0.0749. The van der Waals surface area contributed by atoms with Crippen LogP contribution in [-0.4, -0.2) is 34.5 Å². The van der Waals surface area contributed by atoms with E-state index in [1.807, 2.05) is 19.1 Å². The zero-order chi connectivity index (χ0) is 16.4. The Morgan fingerprint density at radius 1 is 1.17 bits per heavy atom. The Balaban J connectivity index is 2.09. The summed E-state index contributed by atoms with van der Waals surface area (Å²) in [5.41, 5.74) is 1.85. The van der Waals surface area contributed by atoms with Crippen molar-refractivity contribution in [2.75, 3.05) is 14.2 Å². The van der Waals surface area contributed by atoms with Crippen molar-refractivity contribution in [1.29, 1.82) is 0 Å². The van der Waals surface area contributed by atoms with Gasteiger partial charge < -0.3 is 19.1 Å². The Hall–Kier alpha value is -3.09. The lowest BCUT2D eigenvalue weighted by molar-refractivity contribution is 0.380. The van der Waals surface area contributed by atoms with Crippen molar-refractivity contribution in [3.05, 3.63) is 36.0 Å². The number of pyridine rings is 1. The second kappa shape index (κ2) is 5.96. The van der Waals surface area contributed by atoms with Gasteiger partial charge in [0, 0.05) is 18.3 Å². The van der Waals surface area contributed by atoms with Crippen LogP contribution >= 0.6 is 0 Å². The number of methoxy groups -OCH3 is 2. The van der Waals surface area contributed by atoms with Crippen LogP contribution in [0.25, 0.3) is 23.0 Å². The molecule has 0 unspecified atom stereocenters. The normalized spacial score (nSPS) is 10.6. The fraction of sp³-hybridized carbons (Fsp3) is 0.188. The van der Waals surface area contributed by atoms with Crippen LogP contribution in [0.5, 0.6) is 17.2 Å². The number of phenolic OH excluding ortho intramolecular Hbond substituents is 1. The van der Waals surface area contributed by atoms with Gasteiger partial charge in [0.05, 0.1) is 14.2 Å². The lowest BCUT2D eigenvalue weighted by Crippen LogP contribution is -1.92. The highest BCUT2D eigenvalue weighted by atomic mass is 16.5. The second-order valence-electron chi connectivity index (χ2n) is 4.82. The molecule has 0 aliphatic carbocycles. The van der Waals surface area contributed by atoms with Crippen LogP contribution in [0.3, 0.4) is 0 Å². The van der Waals surface area contributed by atoms with E-state index in [0.717, 1.165) is 5.56 Å². The standard InChI is InChI=1S/C16H15N3O4/c1-9-5-4-6-17-14(9)15-18-16(23-19-15)13-11(20)7-10(21-2)8-12(13)22-3/h4-8,20H,1-3H3.